The minimum absolute atomic E-state index is 0.0120. The summed E-state index contributed by atoms with van der Waals surface area (Å²) in [6.07, 6.45) is 3.12. The third-order valence-corrected chi connectivity index (χ3v) is 7.97. The molecule has 0 unspecified atom stereocenters. The number of anilines is 2. The minimum atomic E-state index is -0.117. The Hall–Kier alpha value is -4.25. The Kier molecular flexibility index (Phi) is 7.92. The first-order valence-corrected chi connectivity index (χ1v) is 14.7. The van der Waals surface area contributed by atoms with Gasteiger partial charge in [0.2, 0.25) is 5.95 Å². The van der Waals surface area contributed by atoms with Crippen LogP contribution in [0.25, 0.3) is 21.8 Å². The molecule has 11 nitrogen and oxygen atoms in total. The summed E-state index contributed by atoms with van der Waals surface area (Å²) in [4.78, 5) is 44.4. The zero-order valence-corrected chi connectivity index (χ0v) is 24.3. The predicted octanol–water partition coefficient (Wildman–Crippen LogP) is 4.02. The lowest BCUT2D eigenvalue weighted by atomic mass is 10.0. The summed E-state index contributed by atoms with van der Waals surface area (Å²) in [5.41, 5.74) is 1.79. The van der Waals surface area contributed by atoms with E-state index in [0.29, 0.717) is 73.4 Å². The van der Waals surface area contributed by atoms with Gasteiger partial charge in [-0.2, -0.15) is 4.98 Å². The molecule has 2 aliphatic rings. The van der Waals surface area contributed by atoms with Crippen molar-refractivity contribution in [2.75, 3.05) is 62.4 Å². The molecule has 6 rings (SSSR count). The number of aromatic nitrogens is 4. The van der Waals surface area contributed by atoms with E-state index in [2.05, 4.69) is 14.8 Å². The highest BCUT2D eigenvalue weighted by atomic mass is 16.5. The molecule has 42 heavy (non-hydrogen) atoms. The quantitative estimate of drug-likeness (QED) is 0.287. The van der Waals surface area contributed by atoms with Crippen molar-refractivity contribution in [1.29, 1.82) is 0 Å². The molecule has 0 atom stereocenters. The first kappa shape index (κ1) is 27.9. The van der Waals surface area contributed by atoms with Gasteiger partial charge in [0.05, 0.1) is 49.2 Å². The standard InChI is InChI=1S/C31H36N6O5/c1-4-41-27-17-23-26(18-28(27)42-5-2)33-31(36-12-14-40-15-13-36)34-29(23)35-10-8-22(9-11-35)37-19-32-25-7-6-21(20(3)38)16-24(25)30(37)39/h6-7,16-19,22H,4-5,8-15H2,1-3H3. The summed E-state index contributed by atoms with van der Waals surface area (Å²) in [6, 6.07) is 9.03. The van der Waals surface area contributed by atoms with E-state index in [1.54, 1.807) is 29.1 Å². The number of carbonyl (C=O) groups is 1. The van der Waals surface area contributed by atoms with Crippen LogP contribution in [0.15, 0.2) is 41.5 Å². The molecule has 220 valence electrons. The molecule has 2 aromatic carbocycles. The molecule has 0 saturated carbocycles. The van der Waals surface area contributed by atoms with Crippen LogP contribution in [0.5, 0.6) is 11.5 Å². The van der Waals surface area contributed by atoms with Gasteiger partial charge in [-0.05, 0) is 57.9 Å². The normalized spacial score (nSPS) is 16.3. The summed E-state index contributed by atoms with van der Waals surface area (Å²) in [5.74, 6) is 2.78. The third kappa shape index (κ3) is 5.36. The number of fused-ring (bicyclic) bond motifs is 2. The molecule has 4 heterocycles. The number of piperidine rings is 1. The molecule has 0 spiro atoms. The van der Waals surface area contributed by atoms with Crippen LogP contribution in [0, 0.1) is 0 Å². The highest BCUT2D eigenvalue weighted by molar-refractivity contribution is 5.97. The van der Waals surface area contributed by atoms with E-state index in [1.807, 2.05) is 26.0 Å². The van der Waals surface area contributed by atoms with E-state index < -0.39 is 0 Å². The van der Waals surface area contributed by atoms with Crippen molar-refractivity contribution >= 4 is 39.4 Å². The minimum Gasteiger partial charge on any atom is -0.490 e. The number of rotatable bonds is 8. The van der Waals surface area contributed by atoms with Crippen molar-refractivity contribution in [3.8, 4) is 11.5 Å². The number of benzene rings is 2. The number of nitrogens with zero attached hydrogens (tertiary/aromatic N) is 6. The smallest absolute Gasteiger partial charge is 0.261 e. The van der Waals surface area contributed by atoms with Gasteiger partial charge in [0.25, 0.3) is 5.56 Å². The van der Waals surface area contributed by atoms with Crippen LogP contribution in [-0.2, 0) is 4.74 Å². The second-order valence-electron chi connectivity index (χ2n) is 10.6. The number of Topliss-reactive ketones (excluding diaryl/α,β-unsaturated/α-hetero) is 1. The maximum Gasteiger partial charge on any atom is 0.261 e. The average molecular weight is 573 g/mol. The fraction of sp³-hybridized carbons (Fsp3) is 0.452. The van der Waals surface area contributed by atoms with Crippen LogP contribution in [0.2, 0.25) is 0 Å². The molecule has 0 radical (unpaired) electrons. The Bertz CT molecular complexity index is 1670. The Morgan fingerprint density at radius 1 is 0.905 bits per heavy atom. The fourth-order valence-corrected chi connectivity index (χ4v) is 5.76. The number of hydrogen-bond donors (Lipinski definition) is 0. The summed E-state index contributed by atoms with van der Waals surface area (Å²) < 4.78 is 19.1. The number of morpholine rings is 1. The number of hydrogen-bond acceptors (Lipinski definition) is 10. The Labute approximate surface area is 244 Å². The largest absolute Gasteiger partial charge is 0.490 e. The van der Waals surface area contributed by atoms with E-state index >= 15 is 0 Å². The monoisotopic (exact) mass is 572 g/mol. The van der Waals surface area contributed by atoms with Gasteiger partial charge >= 0.3 is 0 Å². The van der Waals surface area contributed by atoms with Crippen molar-refractivity contribution in [2.45, 2.75) is 39.7 Å². The highest BCUT2D eigenvalue weighted by Gasteiger charge is 2.27. The third-order valence-electron chi connectivity index (χ3n) is 7.97. The molecule has 0 bridgehead atoms. The number of ketones is 1. The van der Waals surface area contributed by atoms with Gasteiger partial charge in [0.15, 0.2) is 17.3 Å². The van der Waals surface area contributed by atoms with E-state index in [0.717, 1.165) is 42.7 Å². The summed E-state index contributed by atoms with van der Waals surface area (Å²) in [7, 11) is 0. The van der Waals surface area contributed by atoms with Crippen LogP contribution in [0.4, 0.5) is 11.8 Å². The molecule has 2 saturated heterocycles. The summed E-state index contributed by atoms with van der Waals surface area (Å²) in [6.45, 7) is 10.6. The maximum absolute atomic E-state index is 13.5. The molecule has 2 fully saturated rings. The zero-order valence-electron chi connectivity index (χ0n) is 24.3. The van der Waals surface area contributed by atoms with E-state index in [9.17, 15) is 9.59 Å². The van der Waals surface area contributed by atoms with Gasteiger partial charge in [-0.25, -0.2) is 9.97 Å². The van der Waals surface area contributed by atoms with Gasteiger partial charge in [-0.15, -0.1) is 0 Å². The molecule has 11 heteroatoms. The Morgan fingerprint density at radius 3 is 2.31 bits per heavy atom. The first-order chi connectivity index (χ1) is 20.5. The van der Waals surface area contributed by atoms with Crippen molar-refractivity contribution in [3.63, 3.8) is 0 Å². The van der Waals surface area contributed by atoms with Crippen molar-refractivity contribution in [2.24, 2.45) is 0 Å². The van der Waals surface area contributed by atoms with Crippen LogP contribution >= 0.6 is 0 Å². The van der Waals surface area contributed by atoms with Crippen molar-refractivity contribution in [3.05, 3.63) is 52.6 Å². The van der Waals surface area contributed by atoms with Crippen LogP contribution in [-0.4, -0.2) is 77.9 Å². The topological polar surface area (TPSA) is 112 Å². The molecule has 0 N–H and O–H groups in total. The number of carbonyl (C=O) groups excluding carboxylic acids is 1. The van der Waals surface area contributed by atoms with Crippen molar-refractivity contribution in [1.82, 2.24) is 19.5 Å². The Balaban J connectivity index is 1.34. The first-order valence-electron chi connectivity index (χ1n) is 14.7. The van der Waals surface area contributed by atoms with Gasteiger partial charge in [0, 0.05) is 49.2 Å². The SMILES string of the molecule is CCOc1cc2nc(N3CCOCC3)nc(N3CCC(n4cnc5ccc(C(C)=O)cc5c4=O)CC3)c2cc1OCC. The molecular weight excluding hydrogens is 536 g/mol. The van der Waals surface area contributed by atoms with E-state index in [-0.39, 0.29) is 17.4 Å². The summed E-state index contributed by atoms with van der Waals surface area (Å²) >= 11 is 0. The van der Waals surface area contributed by atoms with Gasteiger partial charge in [-0.1, -0.05) is 0 Å². The van der Waals surface area contributed by atoms with E-state index in [4.69, 9.17) is 24.2 Å². The van der Waals surface area contributed by atoms with E-state index in [1.165, 1.54) is 6.92 Å². The molecule has 2 aliphatic heterocycles. The maximum atomic E-state index is 13.5. The van der Waals surface area contributed by atoms with Crippen LogP contribution in [0.1, 0.15) is 50.0 Å². The van der Waals surface area contributed by atoms with Crippen LogP contribution in [0.3, 0.4) is 0 Å². The van der Waals surface area contributed by atoms with Gasteiger partial charge in [0.1, 0.15) is 5.82 Å². The lowest BCUT2D eigenvalue weighted by Crippen LogP contribution is -2.39. The number of ether oxygens (including phenoxy) is 3. The lowest BCUT2D eigenvalue weighted by Gasteiger charge is -2.35. The van der Waals surface area contributed by atoms with Crippen molar-refractivity contribution < 1.29 is 19.0 Å². The molecule has 0 amide bonds. The van der Waals surface area contributed by atoms with Crippen LogP contribution < -0.4 is 24.8 Å². The second kappa shape index (κ2) is 11.9. The lowest BCUT2D eigenvalue weighted by molar-refractivity contribution is 0.101. The van der Waals surface area contributed by atoms with Gasteiger partial charge < -0.3 is 24.0 Å². The second-order valence-corrected chi connectivity index (χ2v) is 10.6. The molecule has 2 aromatic heterocycles. The van der Waals surface area contributed by atoms with Gasteiger partial charge in [-0.3, -0.25) is 14.2 Å². The molecule has 0 aliphatic carbocycles. The zero-order chi connectivity index (χ0) is 29.2. The summed E-state index contributed by atoms with van der Waals surface area (Å²) in [5, 5.41) is 1.37. The fourth-order valence-electron chi connectivity index (χ4n) is 5.76. The Morgan fingerprint density at radius 2 is 1.62 bits per heavy atom. The molecular formula is C31H36N6O5. The highest BCUT2D eigenvalue weighted by Crippen LogP contribution is 2.38. The predicted molar refractivity (Wildman–Crippen MR) is 161 cm³/mol. The molecule has 4 aromatic rings. The average Bonchev–Trinajstić information content (AvgIpc) is 3.02.